The lowest BCUT2D eigenvalue weighted by Crippen LogP contribution is -2.38. The zero-order valence-corrected chi connectivity index (χ0v) is 16.5. The fourth-order valence-electron chi connectivity index (χ4n) is 4.20. The van der Waals surface area contributed by atoms with Gasteiger partial charge in [0.05, 0.1) is 6.54 Å². The van der Waals surface area contributed by atoms with Gasteiger partial charge in [0, 0.05) is 31.5 Å². The molecule has 29 heavy (non-hydrogen) atoms. The van der Waals surface area contributed by atoms with Gasteiger partial charge in [-0.2, -0.15) is 0 Å². The van der Waals surface area contributed by atoms with Gasteiger partial charge in [-0.25, -0.2) is 0 Å². The van der Waals surface area contributed by atoms with Crippen LogP contribution in [-0.4, -0.2) is 40.6 Å². The number of imide groups is 1. The first-order valence-corrected chi connectivity index (χ1v) is 10.4. The van der Waals surface area contributed by atoms with Crippen LogP contribution in [0.1, 0.15) is 47.2 Å². The summed E-state index contributed by atoms with van der Waals surface area (Å²) in [5.74, 6) is 0.449. The summed E-state index contributed by atoms with van der Waals surface area (Å²) < 4.78 is 0. The molecule has 5 heteroatoms. The standard InChI is InChI=1S/C24H26N2O3/c27-22-10-11-23(28)26(22)17-20-6-8-21(9-7-20)24(29)25-14-12-19(13-15-25)16-18-4-2-1-3-5-18/h1-9,19H,10-17H2. The molecule has 0 bridgehead atoms. The molecule has 5 nitrogen and oxygen atoms in total. The lowest BCUT2D eigenvalue weighted by atomic mass is 9.90. The molecule has 4 rings (SSSR count). The number of amides is 3. The lowest BCUT2D eigenvalue weighted by molar-refractivity contribution is -0.139. The van der Waals surface area contributed by atoms with Crippen molar-refractivity contribution in [3.05, 3.63) is 71.3 Å². The molecule has 2 saturated heterocycles. The molecule has 2 fully saturated rings. The monoisotopic (exact) mass is 390 g/mol. The summed E-state index contributed by atoms with van der Waals surface area (Å²) in [6, 6.07) is 17.8. The summed E-state index contributed by atoms with van der Waals surface area (Å²) >= 11 is 0. The van der Waals surface area contributed by atoms with Crippen molar-refractivity contribution in [3.8, 4) is 0 Å². The maximum absolute atomic E-state index is 12.8. The number of hydrogen-bond donors (Lipinski definition) is 0. The van der Waals surface area contributed by atoms with Crippen LogP contribution in [0, 0.1) is 5.92 Å². The Morgan fingerprint density at radius 2 is 1.45 bits per heavy atom. The molecule has 2 aromatic rings. The number of nitrogens with zero attached hydrogens (tertiary/aromatic N) is 2. The van der Waals surface area contributed by atoms with Crippen LogP contribution in [0.2, 0.25) is 0 Å². The zero-order valence-electron chi connectivity index (χ0n) is 16.5. The van der Waals surface area contributed by atoms with Crippen LogP contribution in [0.4, 0.5) is 0 Å². The Kier molecular flexibility index (Phi) is 5.74. The highest BCUT2D eigenvalue weighted by Crippen LogP contribution is 2.23. The quantitative estimate of drug-likeness (QED) is 0.735. The summed E-state index contributed by atoms with van der Waals surface area (Å²) in [6.45, 7) is 1.86. The van der Waals surface area contributed by atoms with E-state index in [0.29, 0.717) is 24.3 Å². The molecule has 0 atom stereocenters. The van der Waals surface area contributed by atoms with Gasteiger partial charge in [-0.3, -0.25) is 19.3 Å². The van der Waals surface area contributed by atoms with Crippen LogP contribution in [0.15, 0.2) is 54.6 Å². The van der Waals surface area contributed by atoms with Crippen molar-refractivity contribution < 1.29 is 14.4 Å². The Hall–Kier alpha value is -2.95. The lowest BCUT2D eigenvalue weighted by Gasteiger charge is -2.32. The van der Waals surface area contributed by atoms with Gasteiger partial charge in [0.2, 0.25) is 11.8 Å². The van der Waals surface area contributed by atoms with E-state index >= 15 is 0 Å². The minimum absolute atomic E-state index is 0.0584. The Morgan fingerprint density at radius 1 is 0.828 bits per heavy atom. The molecule has 0 aromatic heterocycles. The maximum atomic E-state index is 12.8. The highest BCUT2D eigenvalue weighted by atomic mass is 16.2. The molecule has 3 amide bonds. The predicted octanol–water partition coefficient (Wildman–Crippen LogP) is 3.43. The van der Waals surface area contributed by atoms with Crippen molar-refractivity contribution in [2.45, 2.75) is 38.6 Å². The van der Waals surface area contributed by atoms with Crippen molar-refractivity contribution in [1.82, 2.24) is 9.80 Å². The van der Waals surface area contributed by atoms with Crippen LogP contribution in [-0.2, 0) is 22.6 Å². The van der Waals surface area contributed by atoms with Crippen LogP contribution in [0.5, 0.6) is 0 Å². The number of carbonyl (C=O) groups excluding carboxylic acids is 3. The first-order valence-electron chi connectivity index (χ1n) is 10.4. The third kappa shape index (κ3) is 4.56. The Labute approximate surface area is 171 Å². The highest BCUT2D eigenvalue weighted by molar-refractivity contribution is 6.01. The third-order valence-corrected chi connectivity index (χ3v) is 5.97. The van der Waals surface area contributed by atoms with E-state index < -0.39 is 0 Å². The molecular formula is C24H26N2O3. The van der Waals surface area contributed by atoms with Gasteiger partial charge in [0.1, 0.15) is 0 Å². The topological polar surface area (TPSA) is 57.7 Å². The van der Waals surface area contributed by atoms with Crippen molar-refractivity contribution in [2.75, 3.05) is 13.1 Å². The second-order valence-electron chi connectivity index (χ2n) is 8.00. The Balaban J connectivity index is 1.31. The molecular weight excluding hydrogens is 364 g/mol. The summed E-state index contributed by atoms with van der Waals surface area (Å²) in [4.78, 5) is 39.6. The minimum Gasteiger partial charge on any atom is -0.339 e. The first kappa shape index (κ1) is 19.4. The van der Waals surface area contributed by atoms with E-state index in [-0.39, 0.29) is 24.3 Å². The van der Waals surface area contributed by atoms with E-state index in [9.17, 15) is 14.4 Å². The molecule has 0 spiro atoms. The van der Waals surface area contributed by atoms with E-state index in [1.54, 1.807) is 12.1 Å². The Morgan fingerprint density at radius 3 is 2.07 bits per heavy atom. The summed E-state index contributed by atoms with van der Waals surface area (Å²) in [7, 11) is 0. The van der Waals surface area contributed by atoms with E-state index in [2.05, 4.69) is 24.3 Å². The molecule has 2 heterocycles. The van der Waals surface area contributed by atoms with E-state index in [1.165, 1.54) is 10.5 Å². The molecule has 0 unspecified atom stereocenters. The molecule has 2 aromatic carbocycles. The second-order valence-corrected chi connectivity index (χ2v) is 8.00. The largest absolute Gasteiger partial charge is 0.339 e. The fraction of sp³-hybridized carbons (Fsp3) is 0.375. The molecule has 150 valence electrons. The second kappa shape index (κ2) is 8.60. The number of likely N-dealkylation sites (tertiary alicyclic amines) is 2. The molecule has 0 N–H and O–H groups in total. The average Bonchev–Trinajstić information content (AvgIpc) is 3.07. The maximum Gasteiger partial charge on any atom is 0.253 e. The van der Waals surface area contributed by atoms with Crippen LogP contribution in [0.3, 0.4) is 0 Å². The fourth-order valence-corrected chi connectivity index (χ4v) is 4.20. The van der Waals surface area contributed by atoms with Crippen molar-refractivity contribution >= 4 is 17.7 Å². The summed E-state index contributed by atoms with van der Waals surface area (Å²) in [6.07, 6.45) is 3.73. The minimum atomic E-state index is -0.117. The SMILES string of the molecule is O=C(c1ccc(CN2C(=O)CCC2=O)cc1)N1CCC(Cc2ccccc2)CC1. The van der Waals surface area contributed by atoms with Gasteiger partial charge >= 0.3 is 0 Å². The van der Waals surface area contributed by atoms with E-state index in [4.69, 9.17) is 0 Å². The van der Waals surface area contributed by atoms with Crippen LogP contribution < -0.4 is 0 Å². The predicted molar refractivity (Wildman–Crippen MR) is 110 cm³/mol. The zero-order chi connectivity index (χ0) is 20.2. The van der Waals surface area contributed by atoms with Crippen molar-refractivity contribution in [2.24, 2.45) is 5.92 Å². The first-order chi connectivity index (χ1) is 14.1. The Bertz CT molecular complexity index is 868. The van der Waals surface area contributed by atoms with Gasteiger partial charge in [0.25, 0.3) is 5.91 Å². The van der Waals surface area contributed by atoms with E-state index in [0.717, 1.165) is 37.9 Å². The molecule has 2 aliphatic heterocycles. The highest BCUT2D eigenvalue weighted by Gasteiger charge is 2.29. The summed E-state index contributed by atoms with van der Waals surface area (Å²) in [5.41, 5.74) is 2.89. The number of carbonyl (C=O) groups is 3. The van der Waals surface area contributed by atoms with Gasteiger partial charge in [-0.15, -0.1) is 0 Å². The van der Waals surface area contributed by atoms with Crippen molar-refractivity contribution in [1.29, 1.82) is 0 Å². The molecule has 0 saturated carbocycles. The molecule has 2 aliphatic rings. The number of rotatable bonds is 5. The van der Waals surface area contributed by atoms with E-state index in [1.807, 2.05) is 23.1 Å². The van der Waals surface area contributed by atoms with Gasteiger partial charge in [0.15, 0.2) is 0 Å². The number of hydrogen-bond acceptors (Lipinski definition) is 3. The normalized spacial score (nSPS) is 17.8. The van der Waals surface area contributed by atoms with Gasteiger partial charge in [-0.1, -0.05) is 42.5 Å². The third-order valence-electron chi connectivity index (χ3n) is 5.97. The number of benzene rings is 2. The molecule has 0 radical (unpaired) electrons. The number of piperidine rings is 1. The average molecular weight is 390 g/mol. The van der Waals surface area contributed by atoms with Crippen LogP contribution in [0.25, 0.3) is 0 Å². The smallest absolute Gasteiger partial charge is 0.253 e. The van der Waals surface area contributed by atoms with Gasteiger partial charge < -0.3 is 4.90 Å². The van der Waals surface area contributed by atoms with Crippen molar-refractivity contribution in [3.63, 3.8) is 0 Å². The van der Waals surface area contributed by atoms with Gasteiger partial charge in [-0.05, 0) is 48.4 Å². The summed E-state index contributed by atoms with van der Waals surface area (Å²) in [5, 5.41) is 0. The molecule has 0 aliphatic carbocycles. The van der Waals surface area contributed by atoms with Crippen LogP contribution >= 0.6 is 0 Å².